The van der Waals surface area contributed by atoms with Gasteiger partial charge in [-0.2, -0.15) is 0 Å². The zero-order valence-corrected chi connectivity index (χ0v) is 12.5. The Balaban J connectivity index is 1.80. The lowest BCUT2D eigenvalue weighted by Crippen LogP contribution is -2.55. The number of nitrogens with zero attached hydrogens (tertiary/aromatic N) is 1. The second-order valence-electron chi connectivity index (χ2n) is 7.11. The van der Waals surface area contributed by atoms with Crippen molar-refractivity contribution in [2.24, 2.45) is 5.92 Å². The Kier molecular flexibility index (Phi) is 2.55. The molecule has 1 aliphatic carbocycles. The van der Waals surface area contributed by atoms with Crippen LogP contribution in [0.5, 0.6) is 0 Å². The largest absolute Gasteiger partial charge is 0.339 e. The van der Waals surface area contributed by atoms with Crippen LogP contribution in [-0.2, 0) is 16.6 Å². The minimum absolute atomic E-state index is 0.283. The summed E-state index contributed by atoms with van der Waals surface area (Å²) in [6, 6.07) is 7.32. The predicted molar refractivity (Wildman–Crippen MR) is 79.7 cm³/mol. The first kappa shape index (κ1) is 12.4. The van der Waals surface area contributed by atoms with E-state index in [0.29, 0.717) is 17.9 Å². The molecule has 0 aromatic heterocycles. The molecule has 2 heteroatoms. The summed E-state index contributed by atoms with van der Waals surface area (Å²) in [5.74, 6) is 1.06. The maximum Gasteiger partial charge on any atom is 0.222 e. The molecule has 4 rings (SSSR count). The van der Waals surface area contributed by atoms with Crippen molar-refractivity contribution in [3.63, 3.8) is 0 Å². The van der Waals surface area contributed by atoms with Crippen LogP contribution < -0.4 is 0 Å². The van der Waals surface area contributed by atoms with E-state index in [1.807, 2.05) is 0 Å². The van der Waals surface area contributed by atoms with Crippen LogP contribution in [0.2, 0.25) is 0 Å². The number of benzene rings is 1. The number of carbonyl (C=O) groups excluding carboxylic acids is 1. The molecule has 3 atom stereocenters. The van der Waals surface area contributed by atoms with Crippen LogP contribution >= 0.6 is 0 Å². The topological polar surface area (TPSA) is 20.3 Å². The summed E-state index contributed by atoms with van der Waals surface area (Å²) < 4.78 is 0. The van der Waals surface area contributed by atoms with Gasteiger partial charge in [-0.15, -0.1) is 0 Å². The molecule has 3 aliphatic rings. The summed E-state index contributed by atoms with van der Waals surface area (Å²) in [4.78, 5) is 14.2. The summed E-state index contributed by atoms with van der Waals surface area (Å²) in [7, 11) is 0. The SMILES string of the molecule is Cc1cccc2c1CC[C@H]1[C@@H]3CCC(=O)N3CC[C@]21C. The smallest absolute Gasteiger partial charge is 0.222 e. The molecule has 0 radical (unpaired) electrons. The lowest BCUT2D eigenvalue weighted by atomic mass is 9.58. The highest BCUT2D eigenvalue weighted by molar-refractivity contribution is 5.79. The Morgan fingerprint density at radius 1 is 1.25 bits per heavy atom. The van der Waals surface area contributed by atoms with Crippen molar-refractivity contribution in [1.82, 2.24) is 4.90 Å². The van der Waals surface area contributed by atoms with E-state index >= 15 is 0 Å². The summed E-state index contributed by atoms with van der Waals surface area (Å²) in [5.41, 5.74) is 4.90. The Labute approximate surface area is 121 Å². The number of aryl methyl sites for hydroxylation is 1. The Hall–Kier alpha value is -1.31. The molecule has 2 nitrogen and oxygen atoms in total. The number of rotatable bonds is 0. The second-order valence-corrected chi connectivity index (χ2v) is 7.11. The van der Waals surface area contributed by atoms with Crippen LogP contribution in [0.3, 0.4) is 0 Å². The third kappa shape index (κ3) is 1.48. The van der Waals surface area contributed by atoms with Crippen LogP contribution in [-0.4, -0.2) is 23.4 Å². The zero-order valence-electron chi connectivity index (χ0n) is 12.5. The fourth-order valence-corrected chi connectivity index (χ4v) is 5.14. The Morgan fingerprint density at radius 3 is 2.95 bits per heavy atom. The van der Waals surface area contributed by atoms with Gasteiger partial charge in [-0.25, -0.2) is 0 Å². The fourth-order valence-electron chi connectivity index (χ4n) is 5.14. The third-order valence-corrected chi connectivity index (χ3v) is 6.26. The molecule has 106 valence electrons. The van der Waals surface area contributed by atoms with Gasteiger partial charge in [0.05, 0.1) is 0 Å². The molecular formula is C18H23NO. The number of hydrogen-bond donors (Lipinski definition) is 0. The van der Waals surface area contributed by atoms with E-state index in [1.165, 1.54) is 18.4 Å². The zero-order chi connectivity index (χ0) is 13.9. The second kappa shape index (κ2) is 4.09. The van der Waals surface area contributed by atoms with Gasteiger partial charge in [-0.05, 0) is 60.6 Å². The quantitative estimate of drug-likeness (QED) is 0.708. The van der Waals surface area contributed by atoms with E-state index in [0.717, 1.165) is 25.8 Å². The van der Waals surface area contributed by atoms with Gasteiger partial charge in [-0.1, -0.05) is 25.1 Å². The average Bonchev–Trinajstić information content (AvgIpc) is 2.81. The molecule has 20 heavy (non-hydrogen) atoms. The minimum Gasteiger partial charge on any atom is -0.339 e. The lowest BCUT2D eigenvalue weighted by Gasteiger charge is -2.52. The molecule has 0 saturated carbocycles. The van der Waals surface area contributed by atoms with Crippen molar-refractivity contribution in [1.29, 1.82) is 0 Å². The molecule has 2 aliphatic heterocycles. The number of carbonyl (C=O) groups is 1. The van der Waals surface area contributed by atoms with Crippen molar-refractivity contribution < 1.29 is 4.79 Å². The van der Waals surface area contributed by atoms with E-state index in [2.05, 4.69) is 36.9 Å². The van der Waals surface area contributed by atoms with Crippen LogP contribution in [0, 0.1) is 12.8 Å². The van der Waals surface area contributed by atoms with Crippen molar-refractivity contribution in [2.75, 3.05) is 6.54 Å². The molecule has 1 aromatic carbocycles. The van der Waals surface area contributed by atoms with Gasteiger partial charge in [-0.3, -0.25) is 4.79 Å². The predicted octanol–water partition coefficient (Wildman–Crippen LogP) is 3.21. The number of piperidine rings is 1. The van der Waals surface area contributed by atoms with Gasteiger partial charge < -0.3 is 4.90 Å². The first-order valence-corrected chi connectivity index (χ1v) is 8.00. The molecule has 1 aromatic rings. The Bertz CT molecular complexity index is 579. The van der Waals surface area contributed by atoms with Gasteiger partial charge in [0.15, 0.2) is 0 Å². The van der Waals surface area contributed by atoms with Crippen molar-refractivity contribution in [2.45, 2.75) is 57.4 Å². The van der Waals surface area contributed by atoms with Crippen molar-refractivity contribution in [3.05, 3.63) is 34.9 Å². The summed E-state index contributed by atoms with van der Waals surface area (Å²) in [5, 5.41) is 0. The monoisotopic (exact) mass is 269 g/mol. The molecule has 2 heterocycles. The number of amides is 1. The molecule has 1 amide bonds. The molecule has 0 bridgehead atoms. The highest BCUT2D eigenvalue weighted by Gasteiger charge is 2.51. The first-order chi connectivity index (χ1) is 9.61. The Morgan fingerprint density at radius 2 is 2.10 bits per heavy atom. The average molecular weight is 269 g/mol. The van der Waals surface area contributed by atoms with Gasteiger partial charge in [0, 0.05) is 19.0 Å². The number of fused-ring (bicyclic) bond motifs is 5. The van der Waals surface area contributed by atoms with Crippen molar-refractivity contribution >= 4 is 5.91 Å². The van der Waals surface area contributed by atoms with Gasteiger partial charge in [0.1, 0.15) is 0 Å². The molecule has 0 unspecified atom stereocenters. The van der Waals surface area contributed by atoms with Crippen molar-refractivity contribution in [3.8, 4) is 0 Å². The molecular weight excluding hydrogens is 246 g/mol. The van der Waals surface area contributed by atoms with Crippen LogP contribution in [0.1, 0.15) is 49.3 Å². The normalized spacial score (nSPS) is 35.5. The van der Waals surface area contributed by atoms with E-state index in [-0.39, 0.29) is 5.41 Å². The summed E-state index contributed by atoms with van der Waals surface area (Å²) >= 11 is 0. The van der Waals surface area contributed by atoms with Gasteiger partial charge in [0.25, 0.3) is 0 Å². The molecule has 0 N–H and O–H groups in total. The fraction of sp³-hybridized carbons (Fsp3) is 0.611. The van der Waals surface area contributed by atoms with E-state index in [9.17, 15) is 4.79 Å². The van der Waals surface area contributed by atoms with E-state index < -0.39 is 0 Å². The van der Waals surface area contributed by atoms with E-state index in [4.69, 9.17) is 0 Å². The summed E-state index contributed by atoms with van der Waals surface area (Å²) in [6.45, 7) is 5.66. The highest BCUT2D eigenvalue weighted by Crippen LogP contribution is 2.51. The molecule has 2 fully saturated rings. The summed E-state index contributed by atoms with van der Waals surface area (Å²) in [6.07, 6.45) is 5.44. The van der Waals surface area contributed by atoms with Crippen LogP contribution in [0.15, 0.2) is 18.2 Å². The number of hydrogen-bond acceptors (Lipinski definition) is 1. The van der Waals surface area contributed by atoms with Crippen LogP contribution in [0.4, 0.5) is 0 Å². The third-order valence-electron chi connectivity index (χ3n) is 6.26. The molecule has 2 saturated heterocycles. The molecule has 0 spiro atoms. The van der Waals surface area contributed by atoms with Gasteiger partial charge in [0.2, 0.25) is 5.91 Å². The standard InChI is InChI=1S/C18H23NO/c1-12-4-3-5-14-13(12)6-7-15-16-8-9-17(20)19(16)11-10-18(14,15)2/h3-5,15-16H,6-11H2,1-2H3/t15-,16-,18+/m0/s1. The first-order valence-electron chi connectivity index (χ1n) is 8.00. The van der Waals surface area contributed by atoms with Crippen LogP contribution in [0.25, 0.3) is 0 Å². The maximum absolute atomic E-state index is 12.0. The lowest BCUT2D eigenvalue weighted by molar-refractivity contribution is -0.132. The van der Waals surface area contributed by atoms with E-state index in [1.54, 1.807) is 11.1 Å². The maximum atomic E-state index is 12.0. The minimum atomic E-state index is 0.283. The highest BCUT2D eigenvalue weighted by atomic mass is 16.2. The van der Waals surface area contributed by atoms with Gasteiger partial charge >= 0.3 is 0 Å².